The highest BCUT2D eigenvalue weighted by Gasteiger charge is 2.31. The summed E-state index contributed by atoms with van der Waals surface area (Å²) in [6.07, 6.45) is 0. The van der Waals surface area contributed by atoms with Crippen molar-refractivity contribution in [3.8, 4) is 0 Å². The number of nitrogens with one attached hydrogen (secondary N) is 1. The Balaban J connectivity index is 3.09. The summed E-state index contributed by atoms with van der Waals surface area (Å²) in [6, 6.07) is 1.29. The van der Waals surface area contributed by atoms with Gasteiger partial charge in [0, 0.05) is 4.88 Å². The molecule has 2 unspecified atom stereocenters. The Hall–Kier alpha value is -0.910. The van der Waals surface area contributed by atoms with Crippen LogP contribution in [0.2, 0.25) is 0 Å². The van der Waals surface area contributed by atoms with Gasteiger partial charge in [0.15, 0.2) is 0 Å². The summed E-state index contributed by atoms with van der Waals surface area (Å²) in [4.78, 5) is 14.2. The predicted octanol–water partition coefficient (Wildman–Crippen LogP) is 1.33. The van der Waals surface area contributed by atoms with E-state index in [1.54, 1.807) is 18.4 Å². The maximum Gasteiger partial charge on any atom is 0.322 e. The number of hydrogen-bond acceptors (Lipinski definition) is 4. The zero-order valence-electron chi connectivity index (χ0n) is 10.0. The molecule has 0 radical (unpaired) electrons. The summed E-state index contributed by atoms with van der Waals surface area (Å²) in [6.45, 7) is 2.01. The number of rotatable bonds is 5. The van der Waals surface area contributed by atoms with E-state index in [0.717, 1.165) is 10.4 Å². The van der Waals surface area contributed by atoms with Crippen LogP contribution in [-0.4, -0.2) is 43.2 Å². The Labute approximate surface area is 99.9 Å². The van der Waals surface area contributed by atoms with Crippen LogP contribution in [0.3, 0.4) is 0 Å². The zero-order valence-corrected chi connectivity index (χ0v) is 10.8. The van der Waals surface area contributed by atoms with Gasteiger partial charge in [-0.25, -0.2) is 0 Å². The topological polar surface area (TPSA) is 52.6 Å². The van der Waals surface area contributed by atoms with Crippen molar-refractivity contribution in [3.05, 3.63) is 21.9 Å². The molecule has 0 fully saturated rings. The van der Waals surface area contributed by atoms with Crippen LogP contribution < -0.4 is 5.32 Å². The number of carboxylic acid groups (broad SMARTS) is 1. The lowest BCUT2D eigenvalue weighted by atomic mass is 10.0. The van der Waals surface area contributed by atoms with Crippen LogP contribution in [0, 0.1) is 6.92 Å². The number of aryl methyl sites for hydroxylation is 1. The Morgan fingerprint density at radius 1 is 1.56 bits per heavy atom. The molecule has 0 amide bonds. The highest BCUT2D eigenvalue weighted by molar-refractivity contribution is 7.10. The highest BCUT2D eigenvalue weighted by atomic mass is 32.1. The number of nitrogens with zero attached hydrogens (tertiary/aromatic N) is 1. The van der Waals surface area contributed by atoms with E-state index in [0.29, 0.717) is 0 Å². The molecule has 1 heterocycles. The van der Waals surface area contributed by atoms with Gasteiger partial charge in [-0.05, 0) is 45.1 Å². The van der Waals surface area contributed by atoms with E-state index >= 15 is 0 Å². The lowest BCUT2D eigenvalue weighted by Gasteiger charge is -2.29. The first kappa shape index (κ1) is 13.2. The third kappa shape index (κ3) is 2.61. The van der Waals surface area contributed by atoms with Crippen molar-refractivity contribution in [2.45, 2.75) is 19.0 Å². The maximum absolute atomic E-state index is 11.2. The zero-order chi connectivity index (χ0) is 12.3. The van der Waals surface area contributed by atoms with Crippen molar-refractivity contribution in [3.63, 3.8) is 0 Å². The van der Waals surface area contributed by atoms with Gasteiger partial charge in [-0.3, -0.25) is 9.69 Å². The van der Waals surface area contributed by atoms with E-state index in [1.807, 2.05) is 37.4 Å². The fraction of sp³-hybridized carbons (Fsp3) is 0.545. The number of aliphatic carboxylic acids is 1. The van der Waals surface area contributed by atoms with Crippen LogP contribution in [0.5, 0.6) is 0 Å². The average molecular weight is 242 g/mol. The second-order valence-corrected chi connectivity index (χ2v) is 4.93. The van der Waals surface area contributed by atoms with Gasteiger partial charge in [0.1, 0.15) is 6.04 Å². The van der Waals surface area contributed by atoms with E-state index in [-0.39, 0.29) is 6.04 Å². The van der Waals surface area contributed by atoms with Crippen LogP contribution >= 0.6 is 11.3 Å². The van der Waals surface area contributed by atoms with Gasteiger partial charge in [0.05, 0.1) is 6.04 Å². The van der Waals surface area contributed by atoms with Crippen molar-refractivity contribution in [1.29, 1.82) is 0 Å². The summed E-state index contributed by atoms with van der Waals surface area (Å²) in [5, 5.41) is 14.1. The Morgan fingerprint density at radius 3 is 2.50 bits per heavy atom. The molecule has 16 heavy (non-hydrogen) atoms. The molecule has 0 aromatic carbocycles. The monoisotopic (exact) mass is 242 g/mol. The Morgan fingerprint density at radius 2 is 2.19 bits per heavy atom. The summed E-state index contributed by atoms with van der Waals surface area (Å²) < 4.78 is 0. The second kappa shape index (κ2) is 5.43. The molecule has 0 aliphatic rings. The van der Waals surface area contributed by atoms with Crippen molar-refractivity contribution in [1.82, 2.24) is 10.2 Å². The molecule has 0 aliphatic heterocycles. The quantitative estimate of drug-likeness (QED) is 0.818. The van der Waals surface area contributed by atoms with Crippen LogP contribution in [-0.2, 0) is 4.79 Å². The minimum atomic E-state index is -0.825. The predicted molar refractivity (Wildman–Crippen MR) is 66.0 cm³/mol. The van der Waals surface area contributed by atoms with Crippen molar-refractivity contribution < 1.29 is 9.90 Å². The van der Waals surface area contributed by atoms with Crippen LogP contribution in [0.25, 0.3) is 0 Å². The Kier molecular flexibility index (Phi) is 4.46. The molecule has 1 aromatic heterocycles. The van der Waals surface area contributed by atoms with Crippen LogP contribution in [0.1, 0.15) is 16.5 Å². The summed E-state index contributed by atoms with van der Waals surface area (Å²) >= 11 is 1.60. The minimum Gasteiger partial charge on any atom is -0.480 e. The normalized spacial score (nSPS) is 15.1. The third-order valence-corrected chi connectivity index (χ3v) is 3.71. The summed E-state index contributed by atoms with van der Waals surface area (Å²) in [5.74, 6) is -0.825. The fourth-order valence-electron chi connectivity index (χ4n) is 1.79. The number of hydrogen-bond donors (Lipinski definition) is 2. The van der Waals surface area contributed by atoms with Gasteiger partial charge in [-0.2, -0.15) is 0 Å². The van der Waals surface area contributed by atoms with Gasteiger partial charge in [0.2, 0.25) is 0 Å². The van der Waals surface area contributed by atoms with Crippen molar-refractivity contribution in [2.75, 3.05) is 21.1 Å². The second-order valence-electron chi connectivity index (χ2n) is 3.98. The number of carbonyl (C=O) groups is 1. The van der Waals surface area contributed by atoms with Crippen molar-refractivity contribution in [2.24, 2.45) is 0 Å². The molecule has 0 bridgehead atoms. The van der Waals surface area contributed by atoms with Crippen molar-refractivity contribution >= 4 is 17.3 Å². The smallest absolute Gasteiger partial charge is 0.322 e. The first-order chi connectivity index (χ1) is 7.49. The first-order valence-corrected chi connectivity index (χ1v) is 5.97. The summed E-state index contributed by atoms with van der Waals surface area (Å²) in [5.41, 5.74) is 1.14. The molecule has 0 saturated heterocycles. The molecule has 1 rings (SSSR count). The van der Waals surface area contributed by atoms with E-state index in [9.17, 15) is 9.90 Å². The number of carboxylic acids is 1. The highest BCUT2D eigenvalue weighted by Crippen LogP contribution is 2.29. The molecular weight excluding hydrogens is 224 g/mol. The molecule has 0 saturated carbocycles. The van der Waals surface area contributed by atoms with Gasteiger partial charge in [-0.15, -0.1) is 11.3 Å². The molecule has 1 aromatic rings. The molecule has 4 nitrogen and oxygen atoms in total. The first-order valence-electron chi connectivity index (χ1n) is 5.09. The fourth-order valence-corrected chi connectivity index (χ4v) is 2.95. The van der Waals surface area contributed by atoms with Crippen LogP contribution in [0.15, 0.2) is 11.4 Å². The summed E-state index contributed by atoms with van der Waals surface area (Å²) in [7, 11) is 5.48. The van der Waals surface area contributed by atoms with E-state index < -0.39 is 12.0 Å². The standard InChI is InChI=1S/C11H18N2O2S/c1-7-5-6-16-10(7)9(13(3)4)8(12-2)11(14)15/h5-6,8-9,12H,1-4H3,(H,14,15). The van der Waals surface area contributed by atoms with E-state index in [1.165, 1.54) is 0 Å². The van der Waals surface area contributed by atoms with Gasteiger partial charge in [-0.1, -0.05) is 0 Å². The molecule has 90 valence electrons. The lowest BCUT2D eigenvalue weighted by molar-refractivity contribution is -0.141. The van der Waals surface area contributed by atoms with E-state index in [4.69, 9.17) is 0 Å². The molecule has 0 aliphatic carbocycles. The van der Waals surface area contributed by atoms with E-state index in [2.05, 4.69) is 5.32 Å². The van der Waals surface area contributed by atoms with Gasteiger partial charge >= 0.3 is 5.97 Å². The average Bonchev–Trinajstić information content (AvgIpc) is 2.59. The third-order valence-electron chi connectivity index (χ3n) is 2.62. The molecular formula is C11H18N2O2S. The SMILES string of the molecule is CNC(C(=O)O)C(c1sccc1C)N(C)C. The minimum absolute atomic E-state index is 0.137. The molecule has 2 atom stereocenters. The maximum atomic E-state index is 11.2. The van der Waals surface area contributed by atoms with Gasteiger partial charge < -0.3 is 10.4 Å². The number of likely N-dealkylation sites (N-methyl/N-ethyl adjacent to an activating group) is 2. The molecule has 2 N–H and O–H groups in total. The molecule has 0 spiro atoms. The van der Waals surface area contributed by atoms with Crippen LogP contribution in [0.4, 0.5) is 0 Å². The largest absolute Gasteiger partial charge is 0.480 e. The number of thiophene rings is 1. The Bertz CT molecular complexity index is 363. The lowest BCUT2D eigenvalue weighted by Crippen LogP contribution is -2.45. The molecule has 5 heteroatoms. The van der Waals surface area contributed by atoms with Gasteiger partial charge in [0.25, 0.3) is 0 Å².